The Morgan fingerprint density at radius 1 is 1.00 bits per heavy atom. The minimum atomic E-state index is 0.387. The molecule has 2 nitrogen and oxygen atoms in total. The van der Waals surface area contributed by atoms with Gasteiger partial charge in [-0.3, -0.25) is 0 Å². The predicted octanol–water partition coefficient (Wildman–Crippen LogP) is 3.50. The molecular formula is C15H29NO. The lowest BCUT2D eigenvalue weighted by atomic mass is 9.90. The Morgan fingerprint density at radius 3 is 2.35 bits per heavy atom. The lowest BCUT2D eigenvalue weighted by molar-refractivity contribution is 0.0301. The van der Waals surface area contributed by atoms with Crippen LogP contribution in [0.3, 0.4) is 0 Å². The molecule has 0 heterocycles. The van der Waals surface area contributed by atoms with Crippen LogP contribution >= 0.6 is 0 Å². The highest BCUT2D eigenvalue weighted by Crippen LogP contribution is 2.24. The molecule has 0 aromatic rings. The van der Waals surface area contributed by atoms with Crippen LogP contribution in [0, 0.1) is 5.92 Å². The number of ether oxygens (including phenoxy) is 1. The Kier molecular flexibility index (Phi) is 5.79. The second-order valence-electron chi connectivity index (χ2n) is 6.04. The summed E-state index contributed by atoms with van der Waals surface area (Å²) in [7, 11) is 0. The first-order valence-electron chi connectivity index (χ1n) is 7.69. The van der Waals surface area contributed by atoms with Gasteiger partial charge >= 0.3 is 0 Å². The van der Waals surface area contributed by atoms with E-state index in [4.69, 9.17) is 4.74 Å². The van der Waals surface area contributed by atoms with Crippen LogP contribution in [0.2, 0.25) is 0 Å². The molecule has 100 valence electrons. The summed E-state index contributed by atoms with van der Waals surface area (Å²) in [5.74, 6) is 0.845. The summed E-state index contributed by atoms with van der Waals surface area (Å²) < 4.78 is 5.98. The van der Waals surface area contributed by atoms with E-state index in [1.54, 1.807) is 0 Å². The van der Waals surface area contributed by atoms with Crippen LogP contribution in [-0.4, -0.2) is 25.3 Å². The molecule has 0 aromatic carbocycles. The van der Waals surface area contributed by atoms with E-state index in [1.165, 1.54) is 57.8 Å². The summed E-state index contributed by atoms with van der Waals surface area (Å²) in [5, 5.41) is 3.64. The van der Waals surface area contributed by atoms with Crippen molar-refractivity contribution in [3.63, 3.8) is 0 Å². The topological polar surface area (TPSA) is 21.3 Å². The quantitative estimate of drug-likeness (QED) is 0.766. The van der Waals surface area contributed by atoms with Gasteiger partial charge in [0.2, 0.25) is 0 Å². The molecular weight excluding hydrogens is 210 g/mol. The number of hydrogen-bond acceptors (Lipinski definition) is 2. The van der Waals surface area contributed by atoms with Gasteiger partial charge in [-0.05, 0) is 38.5 Å². The Labute approximate surface area is 107 Å². The van der Waals surface area contributed by atoms with Crippen LogP contribution in [-0.2, 0) is 4.74 Å². The molecule has 2 fully saturated rings. The van der Waals surface area contributed by atoms with Gasteiger partial charge in [-0.25, -0.2) is 0 Å². The first kappa shape index (κ1) is 13.4. The summed E-state index contributed by atoms with van der Waals surface area (Å²) in [6, 6.07) is 0.774. The van der Waals surface area contributed by atoms with Crippen molar-refractivity contribution in [1.82, 2.24) is 5.32 Å². The zero-order chi connectivity index (χ0) is 11.9. The Morgan fingerprint density at radius 2 is 1.65 bits per heavy atom. The lowest BCUT2D eigenvalue weighted by Crippen LogP contribution is -2.34. The van der Waals surface area contributed by atoms with Gasteiger partial charge in [-0.2, -0.15) is 0 Å². The molecule has 0 radical (unpaired) electrons. The van der Waals surface area contributed by atoms with Crippen LogP contribution in [0.25, 0.3) is 0 Å². The van der Waals surface area contributed by atoms with E-state index in [2.05, 4.69) is 12.2 Å². The summed E-state index contributed by atoms with van der Waals surface area (Å²) in [4.78, 5) is 0. The number of nitrogens with one attached hydrogen (secondary N) is 1. The standard InChI is InChI=1S/C15H29NO/c1-13(11-16-15-9-5-6-10-15)17-12-14-7-3-2-4-8-14/h13-16H,2-12H2,1H3. The molecule has 1 atom stereocenters. The van der Waals surface area contributed by atoms with Gasteiger partial charge in [0.05, 0.1) is 6.10 Å². The highest BCUT2D eigenvalue weighted by Gasteiger charge is 2.17. The Bertz CT molecular complexity index is 195. The normalized spacial score (nSPS) is 25.2. The third kappa shape index (κ3) is 4.97. The SMILES string of the molecule is CC(CNC1CCCC1)OCC1CCCCC1. The molecule has 2 heteroatoms. The maximum atomic E-state index is 5.98. The molecule has 17 heavy (non-hydrogen) atoms. The average Bonchev–Trinajstić information content (AvgIpc) is 2.88. The van der Waals surface area contributed by atoms with Crippen molar-refractivity contribution in [1.29, 1.82) is 0 Å². The second kappa shape index (κ2) is 7.38. The Hall–Kier alpha value is -0.0800. The molecule has 2 rings (SSSR count). The molecule has 1 N–H and O–H groups in total. The van der Waals surface area contributed by atoms with Crippen molar-refractivity contribution < 1.29 is 4.74 Å². The molecule has 0 spiro atoms. The van der Waals surface area contributed by atoms with E-state index < -0.39 is 0 Å². The fourth-order valence-electron chi connectivity index (χ4n) is 3.18. The first-order valence-corrected chi connectivity index (χ1v) is 7.69. The minimum Gasteiger partial charge on any atom is -0.377 e. The van der Waals surface area contributed by atoms with Crippen LogP contribution < -0.4 is 5.32 Å². The van der Waals surface area contributed by atoms with E-state index in [9.17, 15) is 0 Å². The van der Waals surface area contributed by atoms with E-state index in [0.29, 0.717) is 6.10 Å². The largest absolute Gasteiger partial charge is 0.377 e. The maximum absolute atomic E-state index is 5.98. The summed E-state index contributed by atoms with van der Waals surface area (Å²) in [6.07, 6.45) is 13.0. The third-order valence-electron chi connectivity index (χ3n) is 4.39. The lowest BCUT2D eigenvalue weighted by Gasteiger charge is -2.24. The number of rotatable bonds is 6. The molecule has 2 aliphatic rings. The molecule has 0 bridgehead atoms. The summed E-state index contributed by atoms with van der Waals surface area (Å²) >= 11 is 0. The molecule has 0 aliphatic heterocycles. The van der Waals surface area contributed by atoms with Crippen molar-refractivity contribution in [2.24, 2.45) is 5.92 Å². The summed E-state index contributed by atoms with van der Waals surface area (Å²) in [5.41, 5.74) is 0. The maximum Gasteiger partial charge on any atom is 0.0671 e. The molecule has 0 amide bonds. The highest BCUT2D eigenvalue weighted by molar-refractivity contribution is 4.74. The highest BCUT2D eigenvalue weighted by atomic mass is 16.5. The van der Waals surface area contributed by atoms with E-state index in [0.717, 1.165) is 25.1 Å². The zero-order valence-electron chi connectivity index (χ0n) is 11.4. The minimum absolute atomic E-state index is 0.387. The third-order valence-corrected chi connectivity index (χ3v) is 4.39. The van der Waals surface area contributed by atoms with Gasteiger partial charge in [0.15, 0.2) is 0 Å². The van der Waals surface area contributed by atoms with Crippen LogP contribution in [0.15, 0.2) is 0 Å². The van der Waals surface area contributed by atoms with Gasteiger partial charge in [-0.1, -0.05) is 32.1 Å². The zero-order valence-corrected chi connectivity index (χ0v) is 11.4. The molecule has 0 saturated heterocycles. The van der Waals surface area contributed by atoms with Crippen LogP contribution in [0.4, 0.5) is 0 Å². The van der Waals surface area contributed by atoms with E-state index in [1.807, 2.05) is 0 Å². The fraction of sp³-hybridized carbons (Fsp3) is 1.00. The van der Waals surface area contributed by atoms with E-state index in [-0.39, 0.29) is 0 Å². The molecule has 2 aliphatic carbocycles. The van der Waals surface area contributed by atoms with Gasteiger partial charge in [0.1, 0.15) is 0 Å². The van der Waals surface area contributed by atoms with Crippen molar-refractivity contribution in [2.45, 2.75) is 76.9 Å². The number of hydrogen-bond donors (Lipinski definition) is 1. The average molecular weight is 239 g/mol. The molecule has 1 unspecified atom stereocenters. The first-order chi connectivity index (χ1) is 8.34. The molecule has 2 saturated carbocycles. The fourth-order valence-corrected chi connectivity index (χ4v) is 3.18. The van der Waals surface area contributed by atoms with E-state index >= 15 is 0 Å². The smallest absolute Gasteiger partial charge is 0.0671 e. The van der Waals surface area contributed by atoms with Crippen molar-refractivity contribution in [3.8, 4) is 0 Å². The van der Waals surface area contributed by atoms with Crippen molar-refractivity contribution in [3.05, 3.63) is 0 Å². The van der Waals surface area contributed by atoms with Crippen LogP contribution in [0.5, 0.6) is 0 Å². The van der Waals surface area contributed by atoms with Gasteiger partial charge in [0, 0.05) is 19.2 Å². The summed E-state index contributed by atoms with van der Waals surface area (Å²) in [6.45, 7) is 4.25. The van der Waals surface area contributed by atoms with Gasteiger partial charge < -0.3 is 10.1 Å². The monoisotopic (exact) mass is 239 g/mol. The second-order valence-corrected chi connectivity index (χ2v) is 6.04. The van der Waals surface area contributed by atoms with Crippen molar-refractivity contribution in [2.75, 3.05) is 13.2 Å². The van der Waals surface area contributed by atoms with Crippen LogP contribution in [0.1, 0.15) is 64.7 Å². The van der Waals surface area contributed by atoms with Gasteiger partial charge in [-0.15, -0.1) is 0 Å². The molecule has 0 aromatic heterocycles. The van der Waals surface area contributed by atoms with Gasteiger partial charge in [0.25, 0.3) is 0 Å². The Balaban J connectivity index is 1.52. The van der Waals surface area contributed by atoms with Crippen molar-refractivity contribution >= 4 is 0 Å². The predicted molar refractivity (Wildman–Crippen MR) is 72.2 cm³/mol.